The van der Waals surface area contributed by atoms with Gasteiger partial charge in [0, 0.05) is 25.0 Å². The molecule has 0 saturated heterocycles. The number of fused-ring (bicyclic) bond motifs is 1. The van der Waals surface area contributed by atoms with Gasteiger partial charge in [-0.15, -0.1) is 0 Å². The van der Waals surface area contributed by atoms with Crippen molar-refractivity contribution >= 4 is 0 Å². The monoisotopic (exact) mass is 383 g/mol. The first-order chi connectivity index (χ1) is 13.7. The van der Waals surface area contributed by atoms with Gasteiger partial charge in [0.25, 0.3) is 0 Å². The van der Waals surface area contributed by atoms with Crippen molar-refractivity contribution in [1.82, 2.24) is 14.9 Å². The first-order valence-electron chi connectivity index (χ1n) is 9.54. The number of aromatic nitrogens is 2. The van der Waals surface area contributed by atoms with Gasteiger partial charge < -0.3 is 14.6 Å². The van der Waals surface area contributed by atoms with E-state index in [0.29, 0.717) is 6.54 Å². The molecule has 4 nitrogen and oxygen atoms in total. The van der Waals surface area contributed by atoms with Gasteiger partial charge in [-0.3, -0.25) is 0 Å². The standard InChI is InChI=1S/C22H23F2N3O/c23-22(24)28-18-9-10-19-17(13-18)7-4-8-20(19)26-14-21-25-11-12-27(21)15-16-5-2-1-3-6-16/h1-3,5-6,9-13,20,22,26H,4,7-8,14-15H2. The van der Waals surface area contributed by atoms with Gasteiger partial charge in [0.15, 0.2) is 0 Å². The molecular weight excluding hydrogens is 360 g/mol. The molecule has 1 aromatic heterocycles. The third-order valence-corrected chi connectivity index (χ3v) is 5.16. The second-order valence-electron chi connectivity index (χ2n) is 7.02. The van der Waals surface area contributed by atoms with Crippen LogP contribution < -0.4 is 10.1 Å². The van der Waals surface area contributed by atoms with Crippen LogP contribution in [0.3, 0.4) is 0 Å². The van der Waals surface area contributed by atoms with Crippen LogP contribution in [-0.4, -0.2) is 16.2 Å². The summed E-state index contributed by atoms with van der Waals surface area (Å²) in [5, 5.41) is 3.59. The summed E-state index contributed by atoms with van der Waals surface area (Å²) in [7, 11) is 0. The van der Waals surface area contributed by atoms with E-state index in [0.717, 1.165) is 42.8 Å². The zero-order valence-corrected chi connectivity index (χ0v) is 15.5. The van der Waals surface area contributed by atoms with E-state index < -0.39 is 6.61 Å². The maximum absolute atomic E-state index is 12.5. The Balaban J connectivity index is 1.44. The number of ether oxygens (including phenoxy) is 1. The van der Waals surface area contributed by atoms with E-state index in [2.05, 4.69) is 31.7 Å². The first kappa shape index (κ1) is 18.6. The number of hydrogen-bond acceptors (Lipinski definition) is 3. The fraction of sp³-hybridized carbons (Fsp3) is 0.318. The molecule has 28 heavy (non-hydrogen) atoms. The highest BCUT2D eigenvalue weighted by atomic mass is 19.3. The molecule has 6 heteroatoms. The largest absolute Gasteiger partial charge is 0.435 e. The average molecular weight is 383 g/mol. The molecule has 0 bridgehead atoms. The zero-order chi connectivity index (χ0) is 19.3. The van der Waals surface area contributed by atoms with Crippen LogP contribution in [0.1, 0.15) is 41.4 Å². The van der Waals surface area contributed by atoms with Crippen LogP contribution in [0.2, 0.25) is 0 Å². The number of hydrogen-bond donors (Lipinski definition) is 1. The summed E-state index contributed by atoms with van der Waals surface area (Å²) >= 11 is 0. The lowest BCUT2D eigenvalue weighted by atomic mass is 9.87. The molecule has 0 spiro atoms. The van der Waals surface area contributed by atoms with Crippen molar-refractivity contribution < 1.29 is 13.5 Å². The van der Waals surface area contributed by atoms with E-state index in [9.17, 15) is 8.78 Å². The third kappa shape index (κ3) is 4.39. The second kappa shape index (κ2) is 8.52. The van der Waals surface area contributed by atoms with E-state index in [-0.39, 0.29) is 11.8 Å². The number of nitrogens with zero attached hydrogens (tertiary/aromatic N) is 2. The van der Waals surface area contributed by atoms with E-state index in [1.54, 1.807) is 12.1 Å². The van der Waals surface area contributed by atoms with Crippen LogP contribution in [0.25, 0.3) is 0 Å². The highest BCUT2D eigenvalue weighted by molar-refractivity contribution is 5.39. The van der Waals surface area contributed by atoms with Gasteiger partial charge in [-0.1, -0.05) is 36.4 Å². The number of benzene rings is 2. The van der Waals surface area contributed by atoms with Gasteiger partial charge in [-0.05, 0) is 48.1 Å². The molecule has 2 aromatic carbocycles. The van der Waals surface area contributed by atoms with Crippen LogP contribution in [0.5, 0.6) is 5.75 Å². The van der Waals surface area contributed by atoms with Crippen LogP contribution >= 0.6 is 0 Å². The Labute approximate surface area is 163 Å². The number of alkyl halides is 2. The maximum Gasteiger partial charge on any atom is 0.387 e. The Bertz CT molecular complexity index is 911. The summed E-state index contributed by atoms with van der Waals surface area (Å²) < 4.78 is 31.6. The minimum Gasteiger partial charge on any atom is -0.435 e. The lowest BCUT2D eigenvalue weighted by Gasteiger charge is -2.27. The Morgan fingerprint density at radius 2 is 2.04 bits per heavy atom. The first-order valence-corrected chi connectivity index (χ1v) is 9.54. The molecule has 0 fully saturated rings. The van der Waals surface area contributed by atoms with Crippen molar-refractivity contribution in [2.24, 2.45) is 0 Å². The highest BCUT2D eigenvalue weighted by Gasteiger charge is 2.21. The predicted octanol–water partition coefficient (Wildman–Crippen LogP) is 4.70. The van der Waals surface area contributed by atoms with Gasteiger partial charge in [-0.2, -0.15) is 8.78 Å². The van der Waals surface area contributed by atoms with Crippen LogP contribution in [0.15, 0.2) is 60.9 Å². The number of nitrogens with one attached hydrogen (secondary N) is 1. The predicted molar refractivity (Wildman–Crippen MR) is 103 cm³/mol. The molecule has 1 heterocycles. The maximum atomic E-state index is 12.5. The zero-order valence-electron chi connectivity index (χ0n) is 15.5. The van der Waals surface area contributed by atoms with Crippen molar-refractivity contribution in [1.29, 1.82) is 0 Å². The molecule has 1 aliphatic carbocycles. The van der Waals surface area contributed by atoms with Crippen molar-refractivity contribution in [2.75, 3.05) is 0 Å². The quantitative estimate of drug-likeness (QED) is 0.643. The van der Waals surface area contributed by atoms with Gasteiger partial charge in [0.1, 0.15) is 11.6 Å². The fourth-order valence-corrected chi connectivity index (χ4v) is 3.82. The molecule has 4 rings (SSSR count). The normalized spacial score (nSPS) is 16.2. The molecule has 0 amide bonds. The summed E-state index contributed by atoms with van der Waals surface area (Å²) in [6.07, 6.45) is 6.73. The van der Waals surface area contributed by atoms with Crippen LogP contribution in [-0.2, 0) is 19.5 Å². The van der Waals surface area contributed by atoms with Crippen molar-refractivity contribution in [2.45, 2.75) is 45.0 Å². The molecule has 1 aliphatic rings. The topological polar surface area (TPSA) is 39.1 Å². The lowest BCUT2D eigenvalue weighted by molar-refractivity contribution is -0.0499. The number of aryl methyl sites for hydroxylation is 1. The Morgan fingerprint density at radius 1 is 1.18 bits per heavy atom. The third-order valence-electron chi connectivity index (χ3n) is 5.16. The summed E-state index contributed by atoms with van der Waals surface area (Å²) in [5.74, 6) is 1.21. The summed E-state index contributed by atoms with van der Waals surface area (Å²) in [6, 6.07) is 15.8. The minimum absolute atomic E-state index is 0.186. The second-order valence-corrected chi connectivity index (χ2v) is 7.02. The van der Waals surface area contributed by atoms with Crippen LogP contribution in [0.4, 0.5) is 8.78 Å². The molecule has 0 radical (unpaired) electrons. The van der Waals surface area contributed by atoms with Crippen LogP contribution in [0, 0.1) is 0 Å². The SMILES string of the molecule is FC(F)Oc1ccc2c(c1)CCCC2NCc1nccn1Cc1ccccc1. The van der Waals surface area contributed by atoms with Gasteiger partial charge in [0.2, 0.25) is 0 Å². The fourth-order valence-electron chi connectivity index (χ4n) is 3.82. The summed E-state index contributed by atoms with van der Waals surface area (Å²) in [5.41, 5.74) is 3.47. The van der Waals surface area contributed by atoms with E-state index >= 15 is 0 Å². The number of imidazole rings is 1. The molecule has 0 saturated carbocycles. The van der Waals surface area contributed by atoms with Crippen molar-refractivity contribution in [3.05, 3.63) is 83.4 Å². The van der Waals surface area contributed by atoms with Crippen molar-refractivity contribution in [3.63, 3.8) is 0 Å². The van der Waals surface area contributed by atoms with Gasteiger partial charge >= 0.3 is 6.61 Å². The lowest BCUT2D eigenvalue weighted by Crippen LogP contribution is -2.26. The molecule has 0 aliphatic heterocycles. The molecule has 3 aromatic rings. The molecule has 1 atom stereocenters. The molecule has 1 unspecified atom stereocenters. The average Bonchev–Trinajstić information content (AvgIpc) is 3.13. The molecule has 1 N–H and O–H groups in total. The summed E-state index contributed by atoms with van der Waals surface area (Å²) in [4.78, 5) is 4.50. The highest BCUT2D eigenvalue weighted by Crippen LogP contribution is 2.32. The smallest absolute Gasteiger partial charge is 0.387 e. The molecular formula is C22H23F2N3O. The van der Waals surface area contributed by atoms with Gasteiger partial charge in [-0.25, -0.2) is 4.98 Å². The van der Waals surface area contributed by atoms with Crippen molar-refractivity contribution in [3.8, 4) is 5.75 Å². The molecule has 146 valence electrons. The summed E-state index contributed by atoms with van der Waals surface area (Å²) in [6.45, 7) is -1.36. The minimum atomic E-state index is -2.79. The Morgan fingerprint density at radius 3 is 2.86 bits per heavy atom. The number of rotatable bonds is 7. The van der Waals surface area contributed by atoms with Gasteiger partial charge in [0.05, 0.1) is 6.54 Å². The number of halogens is 2. The van der Waals surface area contributed by atoms with E-state index in [4.69, 9.17) is 0 Å². The van der Waals surface area contributed by atoms with E-state index in [1.807, 2.05) is 36.7 Å². The Kier molecular flexibility index (Phi) is 5.67. The van der Waals surface area contributed by atoms with E-state index in [1.165, 1.54) is 5.56 Å². The Hall–Kier alpha value is -2.73.